The van der Waals surface area contributed by atoms with E-state index >= 15 is 0 Å². The van der Waals surface area contributed by atoms with Crippen molar-refractivity contribution in [2.75, 3.05) is 4.72 Å². The summed E-state index contributed by atoms with van der Waals surface area (Å²) in [5.41, 5.74) is 10.8. The number of nitrogens with two attached hydrogens (primary N) is 1. The van der Waals surface area contributed by atoms with Crippen molar-refractivity contribution < 1.29 is 0 Å². The van der Waals surface area contributed by atoms with Gasteiger partial charge in [0, 0.05) is 32.7 Å². The molecule has 26 heavy (non-hydrogen) atoms. The van der Waals surface area contributed by atoms with Crippen molar-refractivity contribution in [3.8, 4) is 11.1 Å². The predicted octanol–water partition coefficient (Wildman–Crippen LogP) is 6.79. The van der Waals surface area contributed by atoms with E-state index in [1.54, 1.807) is 6.07 Å². The van der Waals surface area contributed by atoms with Gasteiger partial charge < -0.3 is 10.5 Å². The fourth-order valence-corrected chi connectivity index (χ4v) is 4.03. The van der Waals surface area contributed by atoms with Crippen molar-refractivity contribution >= 4 is 40.8 Å². The molecule has 3 N–H and O–H groups in total. The zero-order valence-corrected chi connectivity index (χ0v) is 16.3. The van der Waals surface area contributed by atoms with E-state index in [-0.39, 0.29) is 0 Å². The maximum atomic E-state index is 6.08. The van der Waals surface area contributed by atoms with Crippen LogP contribution in [0.15, 0.2) is 83.9 Å². The topological polar surface area (TPSA) is 38.0 Å². The SMILES string of the molecule is C=C(N)Cc1ccc(-c2ccccc2)cc1NSc1cc(Cl)cc(Cl)c1. The van der Waals surface area contributed by atoms with Gasteiger partial charge in [-0.15, -0.1) is 0 Å². The molecule has 3 aromatic rings. The molecular formula is C21H18Cl2N2S. The molecule has 5 heteroatoms. The molecule has 132 valence electrons. The summed E-state index contributed by atoms with van der Waals surface area (Å²) in [6.45, 7) is 3.82. The van der Waals surface area contributed by atoms with Crippen LogP contribution in [0.3, 0.4) is 0 Å². The number of halogens is 2. The van der Waals surface area contributed by atoms with Crippen LogP contribution in [0.1, 0.15) is 5.56 Å². The van der Waals surface area contributed by atoms with E-state index in [9.17, 15) is 0 Å². The number of allylic oxidation sites excluding steroid dienone is 1. The summed E-state index contributed by atoms with van der Waals surface area (Å²) in [5.74, 6) is 0. The van der Waals surface area contributed by atoms with Gasteiger partial charge in [0.1, 0.15) is 0 Å². The third-order valence-corrected chi connectivity index (χ3v) is 4.98. The fraction of sp³-hybridized carbons (Fsp3) is 0.0476. The van der Waals surface area contributed by atoms with Gasteiger partial charge in [-0.05, 0) is 52.9 Å². The second kappa shape index (κ2) is 8.54. The van der Waals surface area contributed by atoms with Gasteiger partial charge in [-0.2, -0.15) is 0 Å². The second-order valence-electron chi connectivity index (χ2n) is 5.88. The Bertz CT molecular complexity index is 906. The van der Waals surface area contributed by atoms with Crippen LogP contribution >= 0.6 is 35.1 Å². The molecule has 0 radical (unpaired) electrons. The van der Waals surface area contributed by atoms with Crippen LogP contribution in [0.2, 0.25) is 10.0 Å². The fourth-order valence-electron chi connectivity index (χ4n) is 2.58. The summed E-state index contributed by atoms with van der Waals surface area (Å²) in [4.78, 5) is 0.935. The lowest BCUT2D eigenvalue weighted by Gasteiger charge is -2.14. The van der Waals surface area contributed by atoms with Crippen LogP contribution in [0, 0.1) is 0 Å². The van der Waals surface area contributed by atoms with E-state index in [1.807, 2.05) is 30.3 Å². The summed E-state index contributed by atoms with van der Waals surface area (Å²) >= 11 is 13.6. The molecule has 0 aliphatic heterocycles. The largest absolute Gasteiger partial charge is 0.402 e. The molecule has 0 bridgehead atoms. The van der Waals surface area contributed by atoms with E-state index in [0.29, 0.717) is 22.2 Å². The molecule has 0 amide bonds. The lowest BCUT2D eigenvalue weighted by atomic mass is 10.0. The van der Waals surface area contributed by atoms with Crippen molar-refractivity contribution in [2.45, 2.75) is 11.3 Å². The minimum Gasteiger partial charge on any atom is -0.402 e. The zero-order chi connectivity index (χ0) is 18.5. The molecule has 0 saturated heterocycles. The van der Waals surface area contributed by atoms with Gasteiger partial charge in [-0.3, -0.25) is 0 Å². The summed E-state index contributed by atoms with van der Waals surface area (Å²) in [6, 6.07) is 22.0. The summed E-state index contributed by atoms with van der Waals surface area (Å²) in [7, 11) is 0. The maximum absolute atomic E-state index is 6.08. The first-order chi connectivity index (χ1) is 12.5. The Morgan fingerprint density at radius 1 is 0.923 bits per heavy atom. The lowest BCUT2D eigenvalue weighted by Crippen LogP contribution is -2.02. The van der Waals surface area contributed by atoms with E-state index in [0.717, 1.165) is 27.3 Å². The maximum Gasteiger partial charge on any atom is 0.0485 e. The van der Waals surface area contributed by atoms with Crippen molar-refractivity contribution in [2.24, 2.45) is 5.73 Å². The smallest absolute Gasteiger partial charge is 0.0485 e. The van der Waals surface area contributed by atoms with E-state index in [2.05, 4.69) is 41.6 Å². The zero-order valence-electron chi connectivity index (χ0n) is 14.0. The van der Waals surface area contributed by atoms with Gasteiger partial charge in [-0.25, -0.2) is 0 Å². The molecule has 3 rings (SSSR count). The standard InChI is InChI=1S/C21H18Cl2N2S/c1-14(24)9-17-8-7-16(15-5-3-2-4-6-15)10-21(17)25-26-20-12-18(22)11-19(23)13-20/h2-8,10-13,25H,1,9,24H2. The monoisotopic (exact) mass is 400 g/mol. The van der Waals surface area contributed by atoms with Crippen molar-refractivity contribution in [1.29, 1.82) is 0 Å². The van der Waals surface area contributed by atoms with Gasteiger partial charge in [0.15, 0.2) is 0 Å². The molecule has 0 aliphatic rings. The Morgan fingerprint density at radius 3 is 2.27 bits per heavy atom. The molecule has 0 heterocycles. The van der Waals surface area contributed by atoms with Crippen molar-refractivity contribution in [3.05, 3.63) is 94.6 Å². The third kappa shape index (κ3) is 4.98. The minimum atomic E-state index is 0.605. The summed E-state index contributed by atoms with van der Waals surface area (Å²) < 4.78 is 3.40. The Kier molecular flexibility index (Phi) is 6.15. The number of rotatable bonds is 6. The summed E-state index contributed by atoms with van der Waals surface area (Å²) in [6.07, 6.45) is 0.605. The molecule has 0 saturated carbocycles. The van der Waals surface area contributed by atoms with Crippen molar-refractivity contribution in [3.63, 3.8) is 0 Å². The molecular weight excluding hydrogens is 383 g/mol. The quantitative estimate of drug-likeness (QED) is 0.447. The highest BCUT2D eigenvalue weighted by Gasteiger charge is 2.08. The first-order valence-corrected chi connectivity index (χ1v) is 9.59. The van der Waals surface area contributed by atoms with Crippen LogP contribution in [0.25, 0.3) is 11.1 Å². The van der Waals surface area contributed by atoms with Crippen LogP contribution in [0.4, 0.5) is 5.69 Å². The number of benzene rings is 3. The van der Waals surface area contributed by atoms with Gasteiger partial charge in [0.05, 0.1) is 0 Å². The minimum absolute atomic E-state index is 0.605. The number of anilines is 1. The molecule has 0 fully saturated rings. The Labute approximate surface area is 168 Å². The highest BCUT2D eigenvalue weighted by atomic mass is 35.5. The predicted molar refractivity (Wildman–Crippen MR) is 115 cm³/mol. The normalized spacial score (nSPS) is 10.5. The average Bonchev–Trinajstić information content (AvgIpc) is 2.60. The molecule has 0 unspecified atom stereocenters. The summed E-state index contributed by atoms with van der Waals surface area (Å²) in [5, 5.41) is 1.21. The van der Waals surface area contributed by atoms with Gasteiger partial charge in [0.2, 0.25) is 0 Å². The van der Waals surface area contributed by atoms with Gasteiger partial charge >= 0.3 is 0 Å². The highest BCUT2D eigenvalue weighted by Crippen LogP contribution is 2.32. The average molecular weight is 401 g/mol. The van der Waals surface area contributed by atoms with Crippen LogP contribution in [0.5, 0.6) is 0 Å². The molecule has 2 nitrogen and oxygen atoms in total. The first kappa shape index (κ1) is 18.7. The lowest BCUT2D eigenvalue weighted by molar-refractivity contribution is 1.12. The van der Waals surface area contributed by atoms with Gasteiger partial charge in [-0.1, -0.05) is 72.2 Å². The Hall–Kier alpha value is -2.07. The van der Waals surface area contributed by atoms with Crippen molar-refractivity contribution in [1.82, 2.24) is 0 Å². The van der Waals surface area contributed by atoms with Crippen LogP contribution in [-0.4, -0.2) is 0 Å². The highest BCUT2D eigenvalue weighted by molar-refractivity contribution is 8.00. The van der Waals surface area contributed by atoms with E-state index in [1.165, 1.54) is 11.9 Å². The molecule has 3 aromatic carbocycles. The van der Waals surface area contributed by atoms with E-state index in [4.69, 9.17) is 28.9 Å². The third-order valence-electron chi connectivity index (χ3n) is 3.75. The second-order valence-corrected chi connectivity index (χ2v) is 7.63. The van der Waals surface area contributed by atoms with E-state index < -0.39 is 0 Å². The number of hydrogen-bond acceptors (Lipinski definition) is 3. The molecule has 0 atom stereocenters. The first-order valence-electron chi connectivity index (χ1n) is 8.02. The number of nitrogens with one attached hydrogen (secondary N) is 1. The van der Waals surface area contributed by atoms with Gasteiger partial charge in [0.25, 0.3) is 0 Å². The Balaban J connectivity index is 1.90. The number of hydrogen-bond donors (Lipinski definition) is 2. The van der Waals surface area contributed by atoms with Crippen LogP contribution < -0.4 is 10.5 Å². The molecule has 0 aliphatic carbocycles. The molecule has 0 spiro atoms. The van der Waals surface area contributed by atoms with Crippen LogP contribution in [-0.2, 0) is 6.42 Å². The Morgan fingerprint density at radius 2 is 1.62 bits per heavy atom. The molecule has 0 aromatic heterocycles.